The van der Waals surface area contributed by atoms with Gasteiger partial charge >= 0.3 is 0 Å². The van der Waals surface area contributed by atoms with Crippen LogP contribution < -0.4 is 10.5 Å². The number of nitro groups is 1. The maximum absolute atomic E-state index is 11.9. The molecule has 1 aromatic rings. The topological polar surface area (TPSA) is 128 Å². The van der Waals surface area contributed by atoms with Gasteiger partial charge in [-0.1, -0.05) is 18.0 Å². The van der Waals surface area contributed by atoms with Gasteiger partial charge in [0.15, 0.2) is 0 Å². The van der Waals surface area contributed by atoms with Crippen LogP contribution in [0.4, 0.5) is 5.69 Å². The SMILES string of the molecule is O=C(CN1CCCCCC1=O)N/N=C\c1cc(Cl)cc([N+](=O)[O-])c1[O-]. The Morgan fingerprint density at radius 1 is 1.40 bits per heavy atom. The highest BCUT2D eigenvalue weighted by Crippen LogP contribution is 2.29. The van der Waals surface area contributed by atoms with E-state index in [4.69, 9.17) is 11.6 Å². The molecule has 1 aromatic carbocycles. The second kappa shape index (κ2) is 8.43. The van der Waals surface area contributed by atoms with Gasteiger partial charge < -0.3 is 10.0 Å². The van der Waals surface area contributed by atoms with Crippen LogP contribution in [0.15, 0.2) is 17.2 Å². The monoisotopic (exact) mass is 367 g/mol. The molecule has 1 fully saturated rings. The predicted octanol–water partition coefficient (Wildman–Crippen LogP) is 1.17. The first kappa shape index (κ1) is 18.7. The van der Waals surface area contributed by atoms with E-state index in [1.165, 1.54) is 11.0 Å². The fourth-order valence-corrected chi connectivity index (χ4v) is 2.64. The minimum atomic E-state index is -0.852. The average molecular weight is 368 g/mol. The van der Waals surface area contributed by atoms with Crippen LogP contribution in [0, 0.1) is 10.1 Å². The molecule has 1 N–H and O–H groups in total. The first-order valence-electron chi connectivity index (χ1n) is 7.63. The third-order valence-electron chi connectivity index (χ3n) is 3.66. The summed E-state index contributed by atoms with van der Waals surface area (Å²) in [6.45, 7) is 0.386. The van der Waals surface area contributed by atoms with E-state index >= 15 is 0 Å². The Morgan fingerprint density at radius 2 is 2.16 bits per heavy atom. The lowest BCUT2D eigenvalue weighted by Crippen LogP contribution is -2.39. The molecule has 0 aromatic heterocycles. The van der Waals surface area contributed by atoms with Crippen LogP contribution in [0.2, 0.25) is 5.02 Å². The molecule has 0 aliphatic carbocycles. The molecular weight excluding hydrogens is 352 g/mol. The van der Waals surface area contributed by atoms with E-state index in [-0.39, 0.29) is 23.0 Å². The van der Waals surface area contributed by atoms with Gasteiger partial charge in [-0.2, -0.15) is 5.10 Å². The molecule has 2 rings (SSSR count). The van der Waals surface area contributed by atoms with E-state index in [2.05, 4.69) is 10.5 Å². The van der Waals surface area contributed by atoms with E-state index in [0.29, 0.717) is 13.0 Å². The first-order chi connectivity index (χ1) is 11.9. The number of benzene rings is 1. The Kier molecular flexibility index (Phi) is 6.29. The highest BCUT2D eigenvalue weighted by Gasteiger charge is 2.19. The Morgan fingerprint density at radius 3 is 2.88 bits per heavy atom. The third kappa shape index (κ3) is 5.15. The smallest absolute Gasteiger partial charge is 0.263 e. The van der Waals surface area contributed by atoms with Gasteiger partial charge in [0.1, 0.15) is 6.54 Å². The molecule has 0 atom stereocenters. The zero-order valence-electron chi connectivity index (χ0n) is 13.2. The number of nitro benzene ring substituents is 1. The van der Waals surface area contributed by atoms with E-state index in [1.807, 2.05) is 0 Å². The summed E-state index contributed by atoms with van der Waals surface area (Å²) in [6, 6.07) is 2.16. The summed E-state index contributed by atoms with van der Waals surface area (Å²) < 4.78 is 0. The van der Waals surface area contributed by atoms with E-state index in [0.717, 1.165) is 31.5 Å². The van der Waals surface area contributed by atoms with Gasteiger partial charge in [0.2, 0.25) is 5.91 Å². The van der Waals surface area contributed by atoms with Gasteiger partial charge in [-0.15, -0.1) is 0 Å². The fraction of sp³-hybridized carbons (Fsp3) is 0.400. The van der Waals surface area contributed by atoms with Gasteiger partial charge in [-0.25, -0.2) is 5.43 Å². The lowest BCUT2D eigenvalue weighted by atomic mass is 10.2. The highest BCUT2D eigenvalue weighted by atomic mass is 35.5. The average Bonchev–Trinajstić information content (AvgIpc) is 2.75. The van der Waals surface area contributed by atoms with Crippen molar-refractivity contribution >= 4 is 35.3 Å². The summed E-state index contributed by atoms with van der Waals surface area (Å²) in [5.41, 5.74) is 1.41. The van der Waals surface area contributed by atoms with E-state index in [9.17, 15) is 24.8 Å². The van der Waals surface area contributed by atoms with Crippen molar-refractivity contribution in [1.82, 2.24) is 10.3 Å². The number of nitrogens with zero attached hydrogens (tertiary/aromatic N) is 3. The Hall–Kier alpha value is -2.68. The van der Waals surface area contributed by atoms with Crippen molar-refractivity contribution in [3.05, 3.63) is 32.8 Å². The molecule has 0 saturated carbocycles. The summed E-state index contributed by atoms with van der Waals surface area (Å²) in [5, 5.41) is 26.3. The Balaban J connectivity index is 1.99. The molecular formula is C15H16ClN4O5-. The van der Waals surface area contributed by atoms with Gasteiger partial charge in [-0.3, -0.25) is 19.7 Å². The van der Waals surface area contributed by atoms with Crippen LogP contribution in [-0.2, 0) is 9.59 Å². The van der Waals surface area contributed by atoms with Crippen molar-refractivity contribution in [1.29, 1.82) is 0 Å². The predicted molar refractivity (Wildman–Crippen MR) is 88.3 cm³/mol. The van der Waals surface area contributed by atoms with Gasteiger partial charge in [0, 0.05) is 24.1 Å². The van der Waals surface area contributed by atoms with Crippen LogP contribution in [0.25, 0.3) is 0 Å². The number of amides is 2. The molecule has 2 amide bonds. The summed E-state index contributed by atoms with van der Waals surface area (Å²) in [6.07, 6.45) is 4.01. The third-order valence-corrected chi connectivity index (χ3v) is 3.88. The molecule has 1 saturated heterocycles. The van der Waals surface area contributed by atoms with Crippen molar-refractivity contribution < 1.29 is 19.6 Å². The summed E-state index contributed by atoms with van der Waals surface area (Å²) >= 11 is 5.73. The molecule has 0 spiro atoms. The molecule has 0 bridgehead atoms. The second-order valence-electron chi connectivity index (χ2n) is 5.52. The quantitative estimate of drug-likeness (QED) is 0.474. The van der Waals surface area contributed by atoms with Gasteiger partial charge in [0.05, 0.1) is 11.1 Å². The van der Waals surface area contributed by atoms with Crippen molar-refractivity contribution in [2.75, 3.05) is 13.1 Å². The van der Waals surface area contributed by atoms with Crippen LogP contribution in [0.5, 0.6) is 5.75 Å². The second-order valence-corrected chi connectivity index (χ2v) is 5.96. The zero-order chi connectivity index (χ0) is 18.4. The number of nitrogens with one attached hydrogen (secondary N) is 1. The Bertz CT molecular complexity index is 722. The van der Waals surface area contributed by atoms with Crippen LogP contribution in [-0.4, -0.2) is 40.9 Å². The van der Waals surface area contributed by atoms with Gasteiger partial charge in [-0.05, 0) is 30.2 Å². The maximum atomic E-state index is 11.9. The molecule has 1 aliphatic heterocycles. The minimum absolute atomic E-state index is 0.00856. The van der Waals surface area contributed by atoms with E-state index < -0.39 is 22.3 Å². The van der Waals surface area contributed by atoms with Crippen molar-refractivity contribution in [3.63, 3.8) is 0 Å². The van der Waals surface area contributed by atoms with E-state index in [1.54, 1.807) is 0 Å². The van der Waals surface area contributed by atoms with Crippen LogP contribution >= 0.6 is 11.6 Å². The molecule has 9 nitrogen and oxygen atoms in total. The zero-order valence-corrected chi connectivity index (χ0v) is 14.0. The number of rotatable bonds is 5. The lowest BCUT2D eigenvalue weighted by Gasteiger charge is -2.18. The molecule has 25 heavy (non-hydrogen) atoms. The number of likely N-dealkylation sites (tertiary alicyclic amines) is 1. The molecule has 0 radical (unpaired) electrons. The normalized spacial score (nSPS) is 15.2. The summed E-state index contributed by atoms with van der Waals surface area (Å²) in [4.78, 5) is 35.1. The highest BCUT2D eigenvalue weighted by molar-refractivity contribution is 6.31. The van der Waals surface area contributed by atoms with Crippen LogP contribution in [0.3, 0.4) is 0 Å². The minimum Gasteiger partial charge on any atom is -0.867 e. The number of hydrogen-bond acceptors (Lipinski definition) is 6. The first-order valence-corrected chi connectivity index (χ1v) is 8.01. The van der Waals surface area contributed by atoms with Gasteiger partial charge in [0.25, 0.3) is 11.6 Å². The number of hydrogen-bond donors (Lipinski definition) is 1. The lowest BCUT2D eigenvalue weighted by molar-refractivity contribution is -0.398. The number of carbonyl (C=O) groups is 2. The largest absolute Gasteiger partial charge is 0.867 e. The summed E-state index contributed by atoms with van der Waals surface area (Å²) in [7, 11) is 0. The molecule has 10 heteroatoms. The maximum Gasteiger partial charge on any atom is 0.263 e. The van der Waals surface area contributed by atoms with Crippen LogP contribution in [0.1, 0.15) is 31.2 Å². The summed E-state index contributed by atoms with van der Waals surface area (Å²) in [5.74, 6) is -1.45. The van der Waals surface area contributed by atoms with Crippen molar-refractivity contribution in [2.45, 2.75) is 25.7 Å². The Labute approximate surface area is 148 Å². The molecule has 0 unspecified atom stereocenters. The number of carbonyl (C=O) groups excluding carboxylic acids is 2. The number of halogens is 1. The molecule has 1 heterocycles. The fourth-order valence-electron chi connectivity index (χ4n) is 2.42. The van der Waals surface area contributed by atoms with Crippen molar-refractivity contribution in [3.8, 4) is 5.75 Å². The molecule has 134 valence electrons. The standard InChI is InChI=1S/C15H17ClN4O5/c16-11-6-10(15(23)12(7-11)20(24)25)8-17-18-13(21)9-19-5-3-1-2-4-14(19)22/h6-8,23H,1-5,9H2,(H,18,21)/p-1/b17-8-. The number of hydrazone groups is 1. The van der Waals surface area contributed by atoms with Crippen molar-refractivity contribution in [2.24, 2.45) is 5.10 Å². The molecule has 1 aliphatic rings.